The molecule has 106 valence electrons. The van der Waals surface area contributed by atoms with Crippen LogP contribution in [0.15, 0.2) is 22.7 Å². The minimum atomic E-state index is -0.237. The third kappa shape index (κ3) is 3.56. The summed E-state index contributed by atoms with van der Waals surface area (Å²) in [6, 6.07) is 5.25. The molecule has 19 heavy (non-hydrogen) atoms. The van der Waals surface area contributed by atoms with Crippen molar-refractivity contribution in [3.8, 4) is 0 Å². The quantitative estimate of drug-likeness (QED) is 0.861. The normalized spacial score (nSPS) is 19.6. The molecule has 1 unspecified atom stereocenters. The van der Waals surface area contributed by atoms with Gasteiger partial charge in [0.05, 0.1) is 4.47 Å². The van der Waals surface area contributed by atoms with Gasteiger partial charge in [0.25, 0.3) is 0 Å². The van der Waals surface area contributed by atoms with Crippen LogP contribution in [0.2, 0.25) is 0 Å². The smallest absolute Gasteiger partial charge is 0.137 e. The van der Waals surface area contributed by atoms with Gasteiger partial charge >= 0.3 is 0 Å². The highest BCUT2D eigenvalue weighted by Gasteiger charge is 2.33. The Kier molecular flexibility index (Phi) is 4.98. The molecule has 1 aliphatic carbocycles. The summed E-state index contributed by atoms with van der Waals surface area (Å²) in [4.78, 5) is 0. The Balaban J connectivity index is 1.96. The molecular weight excluding hydrogens is 309 g/mol. The van der Waals surface area contributed by atoms with E-state index in [0.717, 1.165) is 24.9 Å². The number of nitrogens with one attached hydrogen (secondary N) is 1. The maximum absolute atomic E-state index is 13.2. The highest BCUT2D eigenvalue weighted by Crippen LogP contribution is 2.37. The van der Waals surface area contributed by atoms with Crippen molar-refractivity contribution in [3.05, 3.63) is 34.1 Å². The van der Waals surface area contributed by atoms with Crippen LogP contribution in [0, 0.1) is 11.2 Å². The van der Waals surface area contributed by atoms with Crippen molar-refractivity contribution in [3.63, 3.8) is 0 Å². The predicted octanol–water partition coefficient (Wildman–Crippen LogP) is 3.79. The number of hydrogen-bond donors (Lipinski definition) is 2. The largest absolute Gasteiger partial charge is 0.396 e. The molecule has 0 aliphatic heterocycles. The minimum Gasteiger partial charge on any atom is -0.396 e. The number of rotatable bonds is 5. The summed E-state index contributed by atoms with van der Waals surface area (Å²) in [5, 5.41) is 13.1. The summed E-state index contributed by atoms with van der Waals surface area (Å²) in [6.45, 7) is 3.14. The van der Waals surface area contributed by atoms with E-state index in [9.17, 15) is 9.50 Å². The Morgan fingerprint density at radius 1 is 1.42 bits per heavy atom. The van der Waals surface area contributed by atoms with Gasteiger partial charge in [0.1, 0.15) is 5.82 Å². The van der Waals surface area contributed by atoms with Gasteiger partial charge in [0.2, 0.25) is 0 Å². The Hall–Kier alpha value is -0.450. The molecule has 2 rings (SSSR count). The fraction of sp³-hybridized carbons (Fsp3) is 0.600. The molecule has 1 saturated carbocycles. The second-order valence-electron chi connectivity index (χ2n) is 5.64. The molecule has 0 bridgehead atoms. The van der Waals surface area contributed by atoms with E-state index < -0.39 is 0 Å². The molecule has 0 saturated heterocycles. The van der Waals surface area contributed by atoms with E-state index in [0.29, 0.717) is 4.47 Å². The van der Waals surface area contributed by atoms with Gasteiger partial charge in [-0.05, 0) is 53.4 Å². The molecule has 0 radical (unpaired) electrons. The summed E-state index contributed by atoms with van der Waals surface area (Å²) >= 11 is 3.21. The monoisotopic (exact) mass is 329 g/mol. The second kappa shape index (κ2) is 6.33. The van der Waals surface area contributed by atoms with E-state index in [-0.39, 0.29) is 23.9 Å². The molecule has 4 heteroatoms. The lowest BCUT2D eigenvalue weighted by Crippen LogP contribution is -2.36. The van der Waals surface area contributed by atoms with E-state index in [2.05, 4.69) is 28.2 Å². The maximum Gasteiger partial charge on any atom is 0.137 e. The number of hydrogen-bond acceptors (Lipinski definition) is 2. The lowest BCUT2D eigenvalue weighted by Gasteiger charge is -2.29. The zero-order chi connectivity index (χ0) is 13.9. The molecule has 1 aromatic carbocycles. The average molecular weight is 330 g/mol. The van der Waals surface area contributed by atoms with E-state index in [1.165, 1.54) is 18.9 Å². The van der Waals surface area contributed by atoms with E-state index >= 15 is 0 Å². The van der Waals surface area contributed by atoms with Gasteiger partial charge in [-0.2, -0.15) is 0 Å². The Morgan fingerprint density at radius 3 is 2.68 bits per heavy atom. The van der Waals surface area contributed by atoms with Gasteiger partial charge in [-0.25, -0.2) is 4.39 Å². The molecule has 1 fully saturated rings. The molecule has 1 aromatic rings. The molecule has 0 amide bonds. The average Bonchev–Trinajstić information content (AvgIpc) is 2.89. The summed E-state index contributed by atoms with van der Waals surface area (Å²) in [7, 11) is 0. The summed E-state index contributed by atoms with van der Waals surface area (Å²) in [6.07, 6.45) is 4.60. The van der Waals surface area contributed by atoms with Crippen molar-refractivity contribution >= 4 is 15.9 Å². The summed E-state index contributed by atoms with van der Waals surface area (Å²) < 4.78 is 13.7. The van der Waals surface area contributed by atoms with Crippen LogP contribution in [-0.2, 0) is 0 Å². The van der Waals surface area contributed by atoms with Gasteiger partial charge in [-0.3, -0.25) is 0 Å². The SMILES string of the molecule is CC(NCC1(CO)CCCC1)c1ccc(F)c(Br)c1. The van der Waals surface area contributed by atoms with Crippen molar-refractivity contribution in [1.82, 2.24) is 5.32 Å². The lowest BCUT2D eigenvalue weighted by molar-refractivity contribution is 0.125. The molecule has 2 nitrogen and oxygen atoms in total. The molecule has 2 N–H and O–H groups in total. The highest BCUT2D eigenvalue weighted by molar-refractivity contribution is 9.10. The number of aliphatic hydroxyl groups excluding tert-OH is 1. The lowest BCUT2D eigenvalue weighted by atomic mass is 9.87. The zero-order valence-electron chi connectivity index (χ0n) is 11.3. The van der Waals surface area contributed by atoms with Crippen molar-refractivity contribution in [1.29, 1.82) is 0 Å². The molecular formula is C15H21BrFNO. The third-order valence-electron chi connectivity index (χ3n) is 4.23. The number of benzene rings is 1. The standard InChI is InChI=1S/C15H21BrFNO/c1-11(12-4-5-14(17)13(16)8-12)18-9-15(10-19)6-2-3-7-15/h4-5,8,11,18-19H,2-3,6-7,9-10H2,1H3. The van der Waals surface area contributed by atoms with E-state index in [1.54, 1.807) is 6.07 Å². The Bertz CT molecular complexity index is 432. The molecule has 0 spiro atoms. The van der Waals surface area contributed by atoms with Gasteiger partial charge in [-0.1, -0.05) is 18.9 Å². The predicted molar refractivity (Wildman–Crippen MR) is 78.5 cm³/mol. The van der Waals surface area contributed by atoms with Gasteiger partial charge in [0.15, 0.2) is 0 Å². The van der Waals surface area contributed by atoms with Crippen molar-refractivity contribution < 1.29 is 9.50 Å². The van der Waals surface area contributed by atoms with E-state index in [4.69, 9.17) is 0 Å². The second-order valence-corrected chi connectivity index (χ2v) is 6.50. The highest BCUT2D eigenvalue weighted by atomic mass is 79.9. The first-order valence-corrected chi connectivity index (χ1v) is 7.65. The van der Waals surface area contributed by atoms with Crippen molar-refractivity contribution in [2.75, 3.05) is 13.2 Å². The van der Waals surface area contributed by atoms with Crippen molar-refractivity contribution in [2.45, 2.75) is 38.6 Å². The van der Waals surface area contributed by atoms with Crippen molar-refractivity contribution in [2.24, 2.45) is 5.41 Å². The summed E-state index contributed by atoms with van der Waals surface area (Å²) in [5.74, 6) is -0.237. The fourth-order valence-electron chi connectivity index (χ4n) is 2.78. The van der Waals surface area contributed by atoms with Crippen LogP contribution in [-0.4, -0.2) is 18.3 Å². The maximum atomic E-state index is 13.2. The minimum absolute atomic E-state index is 0.0471. The first kappa shape index (κ1) is 14.9. The first-order chi connectivity index (χ1) is 9.06. The first-order valence-electron chi connectivity index (χ1n) is 6.85. The molecule has 1 aliphatic rings. The topological polar surface area (TPSA) is 32.3 Å². The van der Waals surface area contributed by atoms with Crippen LogP contribution in [0.25, 0.3) is 0 Å². The van der Waals surface area contributed by atoms with Crippen LogP contribution >= 0.6 is 15.9 Å². The zero-order valence-corrected chi connectivity index (χ0v) is 12.8. The Morgan fingerprint density at radius 2 is 2.11 bits per heavy atom. The van der Waals surface area contributed by atoms with E-state index in [1.807, 2.05) is 6.07 Å². The van der Waals surface area contributed by atoms with Gasteiger partial charge in [-0.15, -0.1) is 0 Å². The Labute approximate surface area is 122 Å². The van der Waals surface area contributed by atoms with Crippen LogP contribution in [0.1, 0.15) is 44.2 Å². The van der Waals surface area contributed by atoms with Crippen LogP contribution in [0.5, 0.6) is 0 Å². The van der Waals surface area contributed by atoms with Crippen LogP contribution < -0.4 is 5.32 Å². The molecule has 1 atom stereocenters. The molecule has 0 aromatic heterocycles. The third-order valence-corrected chi connectivity index (χ3v) is 4.83. The van der Waals surface area contributed by atoms with Gasteiger partial charge in [0, 0.05) is 24.6 Å². The number of halogens is 2. The van der Waals surface area contributed by atoms with Gasteiger partial charge < -0.3 is 10.4 Å². The van der Waals surface area contributed by atoms with Crippen LogP contribution in [0.3, 0.4) is 0 Å². The summed E-state index contributed by atoms with van der Waals surface area (Å²) in [5.41, 5.74) is 1.10. The fourth-order valence-corrected chi connectivity index (χ4v) is 3.18. The van der Waals surface area contributed by atoms with Crippen LogP contribution in [0.4, 0.5) is 4.39 Å². The molecule has 0 heterocycles. The number of aliphatic hydroxyl groups is 1.